The Hall–Kier alpha value is -1.66. The van der Waals surface area contributed by atoms with Gasteiger partial charge in [-0.05, 0) is 17.7 Å². The molecule has 1 aromatic carbocycles. The van der Waals surface area contributed by atoms with Crippen molar-refractivity contribution in [2.75, 3.05) is 0 Å². The lowest BCUT2D eigenvalue weighted by atomic mass is 10.1. The van der Waals surface area contributed by atoms with Gasteiger partial charge in [-0.2, -0.15) is 13.2 Å². The number of nitrogens with zero attached hydrogens (tertiary/aromatic N) is 1. The average molecular weight is 265 g/mol. The second-order valence-corrected chi connectivity index (χ2v) is 4.74. The fraction of sp³-hybridized carbons (Fsp3) is 0.222. The molecule has 0 atom stereocenters. The predicted octanol–water partition coefficient (Wildman–Crippen LogP) is 1.87. The highest BCUT2D eigenvalue weighted by Crippen LogP contribution is 2.29. The van der Waals surface area contributed by atoms with E-state index in [-0.39, 0.29) is 5.56 Å². The molecule has 0 aliphatic carbocycles. The molecule has 0 N–H and O–H groups in total. The molecule has 0 spiro atoms. The zero-order chi connectivity index (χ0) is 13.1. The molecule has 0 aliphatic heterocycles. The summed E-state index contributed by atoms with van der Waals surface area (Å²) in [6.45, 7) is 0. The number of sulfonamides is 1. The lowest BCUT2D eigenvalue weighted by Gasteiger charge is -2.06. The lowest BCUT2D eigenvalue weighted by Crippen LogP contribution is -2.05. The number of isocyanates is 1. The third kappa shape index (κ3) is 4.01. The first kappa shape index (κ1) is 13.4. The fourth-order valence-electron chi connectivity index (χ4n) is 1.09. The second-order valence-electron chi connectivity index (χ2n) is 3.10. The van der Waals surface area contributed by atoms with Gasteiger partial charge in [0.05, 0.1) is 11.3 Å². The Morgan fingerprint density at radius 1 is 1.18 bits per heavy atom. The Morgan fingerprint density at radius 3 is 2.12 bits per heavy atom. The molecule has 0 unspecified atom stereocenters. The minimum Gasteiger partial charge on any atom is -0.210 e. The highest BCUT2D eigenvalue weighted by Gasteiger charge is 2.30. The smallest absolute Gasteiger partial charge is 0.210 e. The topological polar surface area (TPSA) is 63.6 Å². The number of benzene rings is 1. The van der Waals surface area contributed by atoms with E-state index in [1.807, 2.05) is 0 Å². The molecule has 0 saturated heterocycles. The summed E-state index contributed by atoms with van der Waals surface area (Å²) in [5.41, 5.74) is -0.769. The van der Waals surface area contributed by atoms with Crippen molar-refractivity contribution < 1.29 is 26.4 Å². The molecular formula is C9H6F3NO3S. The van der Waals surface area contributed by atoms with E-state index in [4.69, 9.17) is 0 Å². The van der Waals surface area contributed by atoms with Crippen LogP contribution in [0, 0.1) is 0 Å². The highest BCUT2D eigenvalue weighted by molar-refractivity contribution is 7.89. The molecule has 4 nitrogen and oxygen atoms in total. The third-order valence-corrected chi connectivity index (χ3v) is 2.86. The van der Waals surface area contributed by atoms with E-state index in [9.17, 15) is 26.4 Å². The van der Waals surface area contributed by atoms with Gasteiger partial charge in [-0.1, -0.05) is 16.5 Å². The van der Waals surface area contributed by atoms with E-state index in [0.717, 1.165) is 30.3 Å². The highest BCUT2D eigenvalue weighted by atomic mass is 32.2. The van der Waals surface area contributed by atoms with E-state index in [1.54, 1.807) is 0 Å². The average Bonchev–Trinajstić information content (AvgIpc) is 2.16. The number of rotatable bonds is 3. The van der Waals surface area contributed by atoms with Gasteiger partial charge in [0, 0.05) is 0 Å². The van der Waals surface area contributed by atoms with Crippen LogP contribution in [0.3, 0.4) is 0 Å². The van der Waals surface area contributed by atoms with Crippen LogP contribution in [0.1, 0.15) is 11.1 Å². The van der Waals surface area contributed by atoms with Gasteiger partial charge in [0.1, 0.15) is 0 Å². The number of hydrogen-bond acceptors (Lipinski definition) is 3. The quantitative estimate of drug-likeness (QED) is 0.619. The first-order chi connectivity index (χ1) is 7.74. The van der Waals surface area contributed by atoms with Gasteiger partial charge in [-0.15, -0.1) is 0 Å². The number of alkyl halides is 3. The second kappa shape index (κ2) is 4.68. The maximum atomic E-state index is 12.2. The van der Waals surface area contributed by atoms with E-state index in [2.05, 4.69) is 4.40 Å². The summed E-state index contributed by atoms with van der Waals surface area (Å²) < 4.78 is 61.2. The fourth-order valence-corrected chi connectivity index (χ4v) is 1.88. The van der Waals surface area contributed by atoms with Crippen molar-refractivity contribution in [1.82, 2.24) is 0 Å². The molecule has 1 aromatic rings. The van der Waals surface area contributed by atoms with E-state index < -0.39 is 27.5 Å². The van der Waals surface area contributed by atoms with Crippen molar-refractivity contribution in [1.29, 1.82) is 0 Å². The first-order valence-electron chi connectivity index (χ1n) is 4.22. The van der Waals surface area contributed by atoms with Gasteiger partial charge in [0.2, 0.25) is 0 Å². The van der Waals surface area contributed by atoms with Gasteiger partial charge in [-0.25, -0.2) is 13.2 Å². The predicted molar refractivity (Wildman–Crippen MR) is 52.2 cm³/mol. The third-order valence-electron chi connectivity index (χ3n) is 1.81. The molecule has 0 aromatic heterocycles. The Balaban J connectivity index is 2.94. The molecule has 8 heteroatoms. The summed E-state index contributed by atoms with van der Waals surface area (Å²) in [7, 11) is -4.01. The van der Waals surface area contributed by atoms with Crippen molar-refractivity contribution in [3.05, 3.63) is 35.4 Å². The molecule has 92 valence electrons. The SMILES string of the molecule is O=C=NS(=O)(=O)Cc1ccc(C(F)(F)F)cc1. The van der Waals surface area contributed by atoms with Crippen molar-refractivity contribution in [2.24, 2.45) is 4.40 Å². The zero-order valence-electron chi connectivity index (χ0n) is 8.23. The standard InChI is InChI=1S/C9H6F3NO3S/c10-9(11,12)8-3-1-7(2-4-8)5-17(15,16)13-6-14/h1-4H,5H2. The Labute approximate surface area is 94.8 Å². The summed E-state index contributed by atoms with van der Waals surface area (Å²) in [5.74, 6) is -0.639. The van der Waals surface area contributed by atoms with Crippen LogP contribution in [0.15, 0.2) is 28.7 Å². The molecule has 0 bridgehead atoms. The summed E-state index contributed by atoms with van der Waals surface area (Å²) in [6.07, 6.45) is -3.60. The molecule has 17 heavy (non-hydrogen) atoms. The molecule has 0 heterocycles. The zero-order valence-corrected chi connectivity index (χ0v) is 9.05. The van der Waals surface area contributed by atoms with Crippen molar-refractivity contribution >= 4 is 16.1 Å². The van der Waals surface area contributed by atoms with E-state index in [1.165, 1.54) is 0 Å². The summed E-state index contributed by atoms with van der Waals surface area (Å²) >= 11 is 0. The van der Waals surface area contributed by atoms with Crippen LogP contribution in [0.2, 0.25) is 0 Å². The van der Waals surface area contributed by atoms with E-state index >= 15 is 0 Å². The van der Waals surface area contributed by atoms with Gasteiger partial charge in [-0.3, -0.25) is 0 Å². The monoisotopic (exact) mass is 265 g/mol. The van der Waals surface area contributed by atoms with Crippen molar-refractivity contribution in [3.8, 4) is 0 Å². The maximum Gasteiger partial charge on any atom is 0.416 e. The molecule has 0 aliphatic rings. The van der Waals surface area contributed by atoms with Crippen molar-refractivity contribution in [2.45, 2.75) is 11.9 Å². The molecule has 0 amide bonds. The molecular weight excluding hydrogens is 259 g/mol. The maximum absolute atomic E-state index is 12.2. The van der Waals surface area contributed by atoms with Crippen LogP contribution >= 0.6 is 0 Å². The van der Waals surface area contributed by atoms with Gasteiger partial charge < -0.3 is 0 Å². The molecule has 0 radical (unpaired) electrons. The van der Waals surface area contributed by atoms with Crippen LogP contribution in [-0.2, 0) is 26.7 Å². The molecule has 1 rings (SSSR count). The van der Waals surface area contributed by atoms with Crippen LogP contribution in [-0.4, -0.2) is 14.5 Å². The van der Waals surface area contributed by atoms with Crippen LogP contribution < -0.4 is 0 Å². The van der Waals surface area contributed by atoms with E-state index in [0.29, 0.717) is 0 Å². The summed E-state index contributed by atoms with van der Waals surface area (Å²) in [6, 6.07) is 3.55. The Bertz CT molecular complexity index is 542. The summed E-state index contributed by atoms with van der Waals surface area (Å²) in [4.78, 5) is 9.78. The van der Waals surface area contributed by atoms with Crippen LogP contribution in [0.5, 0.6) is 0 Å². The number of hydrogen-bond donors (Lipinski definition) is 0. The van der Waals surface area contributed by atoms with Crippen LogP contribution in [0.25, 0.3) is 0 Å². The van der Waals surface area contributed by atoms with Crippen LogP contribution in [0.4, 0.5) is 13.2 Å². The number of halogens is 3. The van der Waals surface area contributed by atoms with Gasteiger partial charge in [0.15, 0.2) is 0 Å². The first-order valence-corrected chi connectivity index (χ1v) is 5.83. The minimum atomic E-state index is -4.47. The lowest BCUT2D eigenvalue weighted by molar-refractivity contribution is -0.137. The number of carbonyl (C=O) groups excluding carboxylic acids is 1. The largest absolute Gasteiger partial charge is 0.416 e. The minimum absolute atomic E-state index is 0.108. The molecule has 0 fully saturated rings. The van der Waals surface area contributed by atoms with Gasteiger partial charge in [0.25, 0.3) is 16.1 Å². The molecule has 0 saturated carbocycles. The Morgan fingerprint density at radius 2 is 1.71 bits per heavy atom. The normalized spacial score (nSPS) is 11.9. The van der Waals surface area contributed by atoms with Crippen molar-refractivity contribution in [3.63, 3.8) is 0 Å². The Kier molecular flexibility index (Phi) is 3.69. The van der Waals surface area contributed by atoms with Gasteiger partial charge >= 0.3 is 6.18 Å². The summed E-state index contributed by atoms with van der Waals surface area (Å²) in [5, 5.41) is 0.